The first-order chi connectivity index (χ1) is 19.7. The van der Waals surface area contributed by atoms with Crippen molar-refractivity contribution in [3.05, 3.63) is 48.0 Å². The van der Waals surface area contributed by atoms with Crippen LogP contribution in [-0.4, -0.2) is 68.4 Å². The Balaban J connectivity index is 2.31. The number of carbonyl (C=O) groups is 3. The summed E-state index contributed by atoms with van der Waals surface area (Å²) in [5.41, 5.74) is 6.07. The fourth-order valence-corrected chi connectivity index (χ4v) is 5.72. The van der Waals surface area contributed by atoms with E-state index in [1.165, 1.54) is 4.90 Å². The van der Waals surface area contributed by atoms with E-state index in [-0.39, 0.29) is 23.3 Å². The van der Waals surface area contributed by atoms with Crippen molar-refractivity contribution in [1.82, 2.24) is 10.2 Å². The molecule has 0 fully saturated rings. The van der Waals surface area contributed by atoms with Gasteiger partial charge in [0.2, 0.25) is 11.8 Å². The van der Waals surface area contributed by atoms with Gasteiger partial charge in [0.25, 0.3) is 0 Å². The highest BCUT2D eigenvalue weighted by molar-refractivity contribution is 6.74. The zero-order valence-corrected chi connectivity index (χ0v) is 29.2. The van der Waals surface area contributed by atoms with Crippen molar-refractivity contribution in [3.63, 3.8) is 0 Å². The predicted molar refractivity (Wildman–Crippen MR) is 177 cm³/mol. The average Bonchev–Trinajstić information content (AvgIpc) is 2.87. The second kappa shape index (κ2) is 14.8. The van der Waals surface area contributed by atoms with E-state index < -0.39 is 43.9 Å². The number of nitrogens with zero attached hydrogens (tertiary/aromatic N) is 1. The average molecular weight is 614 g/mol. The Morgan fingerprint density at radius 3 is 2.09 bits per heavy atom. The van der Waals surface area contributed by atoms with Crippen molar-refractivity contribution in [2.24, 2.45) is 11.7 Å². The third-order valence-corrected chi connectivity index (χ3v) is 12.7. The highest BCUT2D eigenvalue weighted by Gasteiger charge is 2.38. The van der Waals surface area contributed by atoms with E-state index in [2.05, 4.69) is 39.2 Å². The maximum absolute atomic E-state index is 14.0. The Kier molecular flexibility index (Phi) is 12.6. The Morgan fingerprint density at radius 1 is 0.953 bits per heavy atom. The van der Waals surface area contributed by atoms with Crippen molar-refractivity contribution in [2.45, 2.75) is 117 Å². The molecule has 0 aliphatic carbocycles. The molecule has 0 bridgehead atoms. The van der Waals surface area contributed by atoms with E-state index >= 15 is 0 Å². The Morgan fingerprint density at radius 2 is 1.56 bits per heavy atom. The molecule has 0 aliphatic heterocycles. The van der Waals surface area contributed by atoms with Gasteiger partial charge in [-0.05, 0) is 74.0 Å². The van der Waals surface area contributed by atoms with Crippen LogP contribution in [-0.2, 0) is 30.0 Å². The number of amides is 2. The molecule has 9 heteroatoms. The van der Waals surface area contributed by atoms with Crippen LogP contribution in [0.3, 0.4) is 0 Å². The molecule has 43 heavy (non-hydrogen) atoms. The molecule has 3 atom stereocenters. The number of hydrogen-bond donors (Lipinski definition) is 2. The molecule has 0 heterocycles. The molecule has 0 spiro atoms. The van der Waals surface area contributed by atoms with Crippen LogP contribution in [0, 0.1) is 5.92 Å². The highest BCUT2D eigenvalue weighted by atomic mass is 28.4. The van der Waals surface area contributed by atoms with Crippen LogP contribution >= 0.6 is 0 Å². The predicted octanol–water partition coefficient (Wildman–Crippen LogP) is 5.82. The summed E-state index contributed by atoms with van der Waals surface area (Å²) >= 11 is 0. The van der Waals surface area contributed by atoms with Gasteiger partial charge in [0, 0.05) is 20.1 Å². The van der Waals surface area contributed by atoms with E-state index in [4.69, 9.17) is 14.9 Å². The van der Waals surface area contributed by atoms with Crippen molar-refractivity contribution < 1.29 is 23.5 Å². The minimum atomic E-state index is -2.05. The molecule has 0 aromatic heterocycles. The van der Waals surface area contributed by atoms with Crippen molar-refractivity contribution >= 4 is 36.9 Å². The molecule has 8 nitrogen and oxygen atoms in total. The van der Waals surface area contributed by atoms with Gasteiger partial charge in [-0.3, -0.25) is 19.7 Å². The van der Waals surface area contributed by atoms with E-state index in [9.17, 15) is 14.4 Å². The lowest BCUT2D eigenvalue weighted by atomic mass is 9.98. The monoisotopic (exact) mass is 613 g/mol. The van der Waals surface area contributed by atoms with Crippen LogP contribution in [0.5, 0.6) is 0 Å². The van der Waals surface area contributed by atoms with Gasteiger partial charge < -0.3 is 19.8 Å². The largest absolute Gasteiger partial charge is 0.459 e. The van der Waals surface area contributed by atoms with Crippen molar-refractivity contribution in [1.29, 1.82) is 0 Å². The van der Waals surface area contributed by atoms with Gasteiger partial charge in [-0.15, -0.1) is 0 Å². The summed E-state index contributed by atoms with van der Waals surface area (Å²) < 4.78 is 12.1. The first kappa shape index (κ1) is 36.4. The summed E-state index contributed by atoms with van der Waals surface area (Å²) in [5.74, 6) is -1.17. The number of esters is 1. The topological polar surface area (TPSA) is 111 Å². The molecule has 3 N–H and O–H groups in total. The van der Waals surface area contributed by atoms with Gasteiger partial charge in [-0.2, -0.15) is 0 Å². The number of carbonyl (C=O) groups excluding carboxylic acids is 3. The second-order valence-corrected chi connectivity index (χ2v) is 19.4. The van der Waals surface area contributed by atoms with Gasteiger partial charge >= 0.3 is 5.97 Å². The number of hydrogen-bond acceptors (Lipinski definition) is 6. The van der Waals surface area contributed by atoms with Crippen LogP contribution < -0.4 is 11.1 Å². The van der Waals surface area contributed by atoms with Crippen molar-refractivity contribution in [2.75, 3.05) is 13.7 Å². The number of nitrogens with two attached hydrogens (primary N) is 1. The number of benzene rings is 2. The molecular formula is C34H55N3O5Si. The standard InChI is InChI=1S/C34H55N3O5Si/c1-23(2)20-28(36-27(32(40)42-33(3,4)5)18-19-41-43(10,11)34(6,7)8)31(39)37(9)29(30(35)38)22-24-16-17-25-14-12-13-15-26(25)21-24/h12-17,21,23,27-29,36H,18-20,22H2,1-11H3,(H2,35,38)/t27-,28+,29+/m1/s1. The molecular weight excluding hydrogens is 558 g/mol. The zero-order valence-electron chi connectivity index (χ0n) is 28.2. The van der Waals surface area contributed by atoms with Crippen LogP contribution in [0.15, 0.2) is 42.5 Å². The number of nitrogens with one attached hydrogen (secondary N) is 1. The molecule has 0 saturated carbocycles. The Bertz CT molecular complexity index is 1250. The van der Waals surface area contributed by atoms with E-state index in [1.807, 2.05) is 77.1 Å². The van der Waals surface area contributed by atoms with Crippen LogP contribution in [0.25, 0.3) is 10.8 Å². The summed E-state index contributed by atoms with van der Waals surface area (Å²) in [6.07, 6.45) is 1.10. The summed E-state index contributed by atoms with van der Waals surface area (Å²) in [4.78, 5) is 41.5. The number of fused-ring (bicyclic) bond motifs is 1. The van der Waals surface area contributed by atoms with E-state index in [0.29, 0.717) is 19.4 Å². The summed E-state index contributed by atoms with van der Waals surface area (Å²) in [6, 6.07) is 11.6. The van der Waals surface area contributed by atoms with Gasteiger partial charge in [0.1, 0.15) is 17.7 Å². The SMILES string of the molecule is CC(C)C[C@H](N[C@H](CCO[Si](C)(C)C(C)(C)C)C(=O)OC(C)(C)C)C(=O)N(C)[C@@H](Cc1ccc2ccccc2c1)C(N)=O. The molecule has 0 saturated heterocycles. The number of rotatable bonds is 14. The summed E-state index contributed by atoms with van der Waals surface area (Å²) in [5, 5.41) is 5.48. The lowest BCUT2D eigenvalue weighted by Crippen LogP contribution is -2.57. The number of ether oxygens (including phenoxy) is 1. The molecule has 0 radical (unpaired) electrons. The minimum Gasteiger partial charge on any atom is -0.459 e. The molecule has 0 unspecified atom stereocenters. The lowest BCUT2D eigenvalue weighted by molar-refractivity contribution is -0.158. The zero-order chi connectivity index (χ0) is 32.8. The van der Waals surface area contributed by atoms with E-state index in [1.54, 1.807) is 7.05 Å². The quantitative estimate of drug-likeness (QED) is 0.205. The van der Waals surface area contributed by atoms with Gasteiger partial charge in [0.05, 0.1) is 6.04 Å². The van der Waals surface area contributed by atoms with Gasteiger partial charge in [0.15, 0.2) is 8.32 Å². The third-order valence-electron chi connectivity index (χ3n) is 8.16. The fraction of sp³-hybridized carbons (Fsp3) is 0.618. The molecule has 2 rings (SSSR count). The molecule has 2 amide bonds. The molecule has 2 aromatic rings. The number of primary amides is 1. The van der Waals surface area contributed by atoms with Crippen LogP contribution in [0.4, 0.5) is 0 Å². The lowest BCUT2D eigenvalue weighted by Gasteiger charge is -2.37. The Labute approximate surface area is 260 Å². The normalized spacial score (nSPS) is 14.8. The molecule has 0 aliphatic rings. The van der Waals surface area contributed by atoms with Crippen LogP contribution in [0.1, 0.15) is 73.8 Å². The smallest absolute Gasteiger partial charge is 0.323 e. The van der Waals surface area contributed by atoms with E-state index in [0.717, 1.165) is 16.3 Å². The van der Waals surface area contributed by atoms with Gasteiger partial charge in [-0.1, -0.05) is 77.1 Å². The highest BCUT2D eigenvalue weighted by Crippen LogP contribution is 2.36. The maximum Gasteiger partial charge on any atom is 0.323 e. The molecule has 2 aromatic carbocycles. The Hall–Kier alpha value is -2.75. The molecule has 240 valence electrons. The minimum absolute atomic E-state index is 0.0233. The number of likely N-dealkylation sites (N-methyl/N-ethyl adjacent to an activating group) is 1. The first-order valence-corrected chi connectivity index (χ1v) is 18.3. The second-order valence-electron chi connectivity index (χ2n) is 14.6. The maximum atomic E-state index is 14.0. The summed E-state index contributed by atoms with van der Waals surface area (Å²) in [6.45, 7) is 20.7. The van der Waals surface area contributed by atoms with Crippen LogP contribution in [0.2, 0.25) is 18.1 Å². The first-order valence-electron chi connectivity index (χ1n) is 15.4. The van der Waals surface area contributed by atoms with Gasteiger partial charge in [-0.25, -0.2) is 0 Å². The third kappa shape index (κ3) is 11.0. The van der Waals surface area contributed by atoms with Crippen molar-refractivity contribution in [3.8, 4) is 0 Å². The fourth-order valence-electron chi connectivity index (χ4n) is 4.66. The summed E-state index contributed by atoms with van der Waals surface area (Å²) in [7, 11) is -0.440.